The Labute approximate surface area is 158 Å². The van der Waals surface area contributed by atoms with Gasteiger partial charge in [-0.25, -0.2) is 23.1 Å². The van der Waals surface area contributed by atoms with Crippen LogP contribution in [0.3, 0.4) is 0 Å². The molecule has 0 amide bonds. The number of benzene rings is 1. The summed E-state index contributed by atoms with van der Waals surface area (Å²) in [6, 6.07) is 11.6. The van der Waals surface area contributed by atoms with Gasteiger partial charge in [0.05, 0.1) is 10.6 Å². The number of hydrogen-bond acceptors (Lipinski definition) is 5. The average Bonchev–Trinajstić information content (AvgIpc) is 3.15. The van der Waals surface area contributed by atoms with Crippen LogP contribution >= 0.6 is 0 Å². The Balaban J connectivity index is 1.43. The Hall–Kier alpha value is -2.45. The SMILES string of the molecule is Cc1nc(N2CCC(S(=O)(=O)NCc3ccccc3)CC2)c2cc[nH]c2n1. The van der Waals surface area contributed by atoms with Crippen LogP contribution in [0.2, 0.25) is 0 Å². The minimum absolute atomic E-state index is 0.332. The maximum atomic E-state index is 12.7. The van der Waals surface area contributed by atoms with Gasteiger partial charge >= 0.3 is 0 Å². The first-order chi connectivity index (χ1) is 13.0. The van der Waals surface area contributed by atoms with Gasteiger partial charge in [-0.2, -0.15) is 0 Å². The molecule has 7 nitrogen and oxygen atoms in total. The molecule has 142 valence electrons. The van der Waals surface area contributed by atoms with Crippen molar-refractivity contribution >= 4 is 26.9 Å². The molecular weight excluding hydrogens is 362 g/mol. The highest BCUT2D eigenvalue weighted by Crippen LogP contribution is 2.27. The second-order valence-corrected chi connectivity index (χ2v) is 8.92. The number of sulfonamides is 1. The van der Waals surface area contributed by atoms with Gasteiger partial charge in [-0.15, -0.1) is 0 Å². The Kier molecular flexibility index (Phi) is 4.84. The van der Waals surface area contributed by atoms with Crippen LogP contribution in [0.4, 0.5) is 5.82 Å². The molecular formula is C19H23N5O2S. The molecule has 0 unspecified atom stereocenters. The predicted octanol–water partition coefficient (Wildman–Crippen LogP) is 2.35. The monoisotopic (exact) mass is 385 g/mol. The lowest BCUT2D eigenvalue weighted by atomic mass is 10.1. The molecule has 1 fully saturated rings. The zero-order valence-electron chi connectivity index (χ0n) is 15.2. The number of aromatic amines is 1. The van der Waals surface area contributed by atoms with E-state index < -0.39 is 10.0 Å². The van der Waals surface area contributed by atoms with Gasteiger partial charge < -0.3 is 9.88 Å². The van der Waals surface area contributed by atoms with E-state index in [9.17, 15) is 8.42 Å². The number of aromatic nitrogens is 3. The first kappa shape index (κ1) is 17.9. The van der Waals surface area contributed by atoms with Gasteiger partial charge in [0, 0.05) is 25.8 Å². The quantitative estimate of drug-likeness (QED) is 0.704. The van der Waals surface area contributed by atoms with Crippen molar-refractivity contribution < 1.29 is 8.42 Å². The predicted molar refractivity (Wildman–Crippen MR) is 106 cm³/mol. The van der Waals surface area contributed by atoms with Crippen LogP contribution in [0.1, 0.15) is 24.2 Å². The Bertz CT molecular complexity index is 1020. The van der Waals surface area contributed by atoms with E-state index in [0.29, 0.717) is 38.3 Å². The third-order valence-electron chi connectivity index (χ3n) is 5.01. The van der Waals surface area contributed by atoms with E-state index in [4.69, 9.17) is 0 Å². The van der Waals surface area contributed by atoms with Gasteiger partial charge in [-0.3, -0.25) is 0 Å². The lowest BCUT2D eigenvalue weighted by molar-refractivity contribution is 0.518. The van der Waals surface area contributed by atoms with E-state index in [2.05, 4.69) is 24.6 Å². The Morgan fingerprint density at radius 2 is 1.89 bits per heavy atom. The second kappa shape index (κ2) is 7.28. The van der Waals surface area contributed by atoms with Crippen molar-refractivity contribution in [2.45, 2.75) is 31.6 Å². The Morgan fingerprint density at radius 3 is 2.63 bits per heavy atom. The fraction of sp³-hybridized carbons (Fsp3) is 0.368. The topological polar surface area (TPSA) is 91.0 Å². The lowest BCUT2D eigenvalue weighted by Gasteiger charge is -2.33. The van der Waals surface area contributed by atoms with Gasteiger partial charge in [0.25, 0.3) is 0 Å². The van der Waals surface area contributed by atoms with E-state index in [1.165, 1.54) is 0 Å². The van der Waals surface area contributed by atoms with Gasteiger partial charge in [-0.1, -0.05) is 30.3 Å². The smallest absolute Gasteiger partial charge is 0.214 e. The molecule has 0 bridgehead atoms. The zero-order valence-corrected chi connectivity index (χ0v) is 16.0. The van der Waals surface area contributed by atoms with Crippen molar-refractivity contribution in [2.24, 2.45) is 0 Å². The summed E-state index contributed by atoms with van der Waals surface area (Å²) < 4.78 is 28.1. The van der Waals surface area contributed by atoms with Crippen molar-refractivity contribution in [3.63, 3.8) is 0 Å². The van der Waals surface area contributed by atoms with Gasteiger partial charge in [0.1, 0.15) is 17.3 Å². The molecule has 1 aliphatic heterocycles. The van der Waals surface area contributed by atoms with E-state index in [1.54, 1.807) is 0 Å². The molecule has 27 heavy (non-hydrogen) atoms. The summed E-state index contributed by atoms with van der Waals surface area (Å²) in [5.74, 6) is 1.59. The highest BCUT2D eigenvalue weighted by atomic mass is 32.2. The number of aryl methyl sites for hydroxylation is 1. The fourth-order valence-electron chi connectivity index (χ4n) is 3.55. The first-order valence-electron chi connectivity index (χ1n) is 9.12. The number of piperidine rings is 1. The molecule has 3 aromatic rings. The molecule has 0 atom stereocenters. The second-order valence-electron chi connectivity index (χ2n) is 6.87. The number of nitrogens with zero attached hydrogens (tertiary/aromatic N) is 3. The van der Waals surface area contributed by atoms with Gasteiger partial charge in [-0.05, 0) is 31.4 Å². The van der Waals surface area contributed by atoms with Crippen LogP contribution in [-0.2, 0) is 16.6 Å². The van der Waals surface area contributed by atoms with Crippen LogP contribution in [0.5, 0.6) is 0 Å². The van der Waals surface area contributed by atoms with Crippen molar-refractivity contribution in [1.82, 2.24) is 19.7 Å². The summed E-state index contributed by atoms with van der Waals surface area (Å²) >= 11 is 0. The van der Waals surface area contributed by atoms with Crippen molar-refractivity contribution in [1.29, 1.82) is 0 Å². The van der Waals surface area contributed by atoms with E-state index in [0.717, 1.165) is 22.4 Å². The fourth-order valence-corrected chi connectivity index (χ4v) is 4.99. The molecule has 8 heteroatoms. The Morgan fingerprint density at radius 1 is 1.15 bits per heavy atom. The largest absolute Gasteiger partial charge is 0.356 e. The van der Waals surface area contributed by atoms with Crippen LogP contribution in [-0.4, -0.2) is 41.7 Å². The van der Waals surface area contributed by atoms with Crippen LogP contribution in [0.15, 0.2) is 42.6 Å². The van der Waals surface area contributed by atoms with E-state index >= 15 is 0 Å². The summed E-state index contributed by atoms with van der Waals surface area (Å²) in [6.45, 7) is 3.52. The van der Waals surface area contributed by atoms with E-state index in [1.807, 2.05) is 49.5 Å². The minimum atomic E-state index is -3.34. The number of rotatable bonds is 5. The summed E-state index contributed by atoms with van der Waals surface area (Å²) in [5, 5.41) is 0.603. The normalized spacial score (nSPS) is 16.1. The molecule has 2 aromatic heterocycles. The van der Waals surface area contributed by atoms with Crippen molar-refractivity contribution in [3.05, 3.63) is 54.0 Å². The molecule has 0 spiro atoms. The third kappa shape index (κ3) is 3.81. The molecule has 3 heterocycles. The molecule has 2 N–H and O–H groups in total. The maximum absolute atomic E-state index is 12.7. The highest BCUT2D eigenvalue weighted by molar-refractivity contribution is 7.90. The van der Waals surface area contributed by atoms with Gasteiger partial charge in [0.2, 0.25) is 10.0 Å². The lowest BCUT2D eigenvalue weighted by Crippen LogP contribution is -2.43. The summed E-state index contributed by atoms with van der Waals surface area (Å²) in [7, 11) is -3.34. The van der Waals surface area contributed by atoms with Crippen molar-refractivity contribution in [3.8, 4) is 0 Å². The standard InChI is InChI=1S/C19H23N5O2S/c1-14-22-18-17(7-10-20-18)19(23-14)24-11-8-16(9-12-24)27(25,26)21-13-15-5-3-2-4-6-15/h2-7,10,16,21H,8-9,11-13H2,1H3,(H,20,22,23). The van der Waals surface area contributed by atoms with Crippen LogP contribution in [0.25, 0.3) is 11.0 Å². The molecule has 1 aromatic carbocycles. The molecule has 0 saturated carbocycles. The van der Waals surface area contributed by atoms with Crippen LogP contribution in [0, 0.1) is 6.92 Å². The summed E-state index contributed by atoms with van der Waals surface area (Å²) in [5.41, 5.74) is 1.78. The number of nitrogens with one attached hydrogen (secondary N) is 2. The molecule has 0 aliphatic carbocycles. The molecule has 1 aliphatic rings. The summed E-state index contributed by atoms with van der Waals surface area (Å²) in [6.07, 6.45) is 3.02. The molecule has 0 radical (unpaired) electrons. The average molecular weight is 385 g/mol. The highest BCUT2D eigenvalue weighted by Gasteiger charge is 2.30. The number of fused-ring (bicyclic) bond motifs is 1. The minimum Gasteiger partial charge on any atom is -0.356 e. The number of anilines is 1. The third-order valence-corrected chi connectivity index (χ3v) is 6.90. The number of hydrogen-bond donors (Lipinski definition) is 2. The molecule has 1 saturated heterocycles. The van der Waals surface area contributed by atoms with Gasteiger partial charge in [0.15, 0.2) is 0 Å². The van der Waals surface area contributed by atoms with Crippen LogP contribution < -0.4 is 9.62 Å². The van der Waals surface area contributed by atoms with E-state index in [-0.39, 0.29) is 5.25 Å². The zero-order chi connectivity index (χ0) is 18.9. The maximum Gasteiger partial charge on any atom is 0.214 e. The summed E-state index contributed by atoms with van der Waals surface area (Å²) in [4.78, 5) is 14.3. The van der Waals surface area contributed by atoms with Crippen molar-refractivity contribution in [2.75, 3.05) is 18.0 Å². The number of H-pyrrole nitrogens is 1. The molecule has 4 rings (SSSR count). The first-order valence-corrected chi connectivity index (χ1v) is 10.7.